The van der Waals surface area contributed by atoms with Crippen molar-refractivity contribution < 1.29 is 4.42 Å². The first-order chi connectivity index (χ1) is 10.9. The Bertz CT molecular complexity index is 784. The summed E-state index contributed by atoms with van der Waals surface area (Å²) >= 11 is 1.37. The maximum absolute atomic E-state index is 5.80. The minimum Gasteiger partial charge on any atom is -0.415 e. The molecule has 0 aliphatic heterocycles. The average molecular weight is 313 g/mol. The molecule has 1 aliphatic carbocycles. The van der Waals surface area contributed by atoms with Crippen LogP contribution in [0.3, 0.4) is 0 Å². The van der Waals surface area contributed by atoms with Gasteiger partial charge in [0.2, 0.25) is 5.89 Å². The van der Waals surface area contributed by atoms with Crippen molar-refractivity contribution in [1.29, 1.82) is 0 Å². The Morgan fingerprint density at radius 1 is 1.00 bits per heavy atom. The van der Waals surface area contributed by atoms with E-state index in [1.807, 2.05) is 12.1 Å². The molecule has 0 radical (unpaired) electrons. The van der Waals surface area contributed by atoms with Crippen molar-refractivity contribution in [3.8, 4) is 0 Å². The molecule has 3 aromatic rings. The van der Waals surface area contributed by atoms with Crippen LogP contribution in [0, 0.1) is 0 Å². The molecule has 22 heavy (non-hydrogen) atoms. The van der Waals surface area contributed by atoms with E-state index in [4.69, 9.17) is 4.42 Å². The predicted molar refractivity (Wildman–Crippen MR) is 81.6 cm³/mol. The second-order valence-electron chi connectivity index (χ2n) is 5.39. The van der Waals surface area contributed by atoms with Gasteiger partial charge in [-0.15, -0.1) is 10.2 Å². The van der Waals surface area contributed by atoms with Crippen molar-refractivity contribution >= 4 is 22.9 Å². The highest BCUT2D eigenvalue weighted by Gasteiger charge is 2.21. The van der Waals surface area contributed by atoms with Crippen molar-refractivity contribution in [3.05, 3.63) is 30.4 Å². The van der Waals surface area contributed by atoms with Crippen LogP contribution in [0.15, 0.2) is 39.2 Å². The lowest BCUT2D eigenvalue weighted by Crippen LogP contribution is -2.04. The smallest absolute Gasteiger partial charge is 0.282 e. The number of aromatic nitrogens is 5. The van der Waals surface area contributed by atoms with Gasteiger partial charge < -0.3 is 4.42 Å². The van der Waals surface area contributed by atoms with Crippen LogP contribution in [0.1, 0.15) is 43.9 Å². The molecule has 3 heterocycles. The number of hydrogen-bond donors (Lipinski definition) is 0. The lowest BCUT2D eigenvalue weighted by Gasteiger charge is -2.17. The molecule has 112 valence electrons. The fourth-order valence-electron chi connectivity index (χ4n) is 2.76. The van der Waals surface area contributed by atoms with Gasteiger partial charge in [-0.05, 0) is 36.7 Å². The van der Waals surface area contributed by atoms with Gasteiger partial charge in [0, 0.05) is 18.3 Å². The molecule has 6 nitrogen and oxygen atoms in total. The summed E-state index contributed by atoms with van der Waals surface area (Å²) in [5.74, 6) is 1.19. The first-order valence-electron chi connectivity index (χ1n) is 7.47. The van der Waals surface area contributed by atoms with E-state index in [1.54, 1.807) is 12.4 Å². The second kappa shape index (κ2) is 6.00. The summed E-state index contributed by atoms with van der Waals surface area (Å²) in [4.78, 5) is 12.9. The van der Waals surface area contributed by atoms with Crippen LogP contribution in [0.5, 0.6) is 0 Å². The summed E-state index contributed by atoms with van der Waals surface area (Å²) < 4.78 is 5.80. The highest BCUT2D eigenvalue weighted by molar-refractivity contribution is 7.99. The van der Waals surface area contributed by atoms with Gasteiger partial charge >= 0.3 is 0 Å². The van der Waals surface area contributed by atoms with Gasteiger partial charge in [-0.25, -0.2) is 9.97 Å². The minimum absolute atomic E-state index is 0.422. The average Bonchev–Trinajstić information content (AvgIpc) is 3.04. The van der Waals surface area contributed by atoms with Gasteiger partial charge in [0.25, 0.3) is 5.22 Å². The molecular weight excluding hydrogens is 298 g/mol. The Hall–Kier alpha value is -2.02. The maximum atomic E-state index is 5.80. The number of pyridine rings is 1. The first kappa shape index (κ1) is 13.6. The molecule has 0 amide bonds. The zero-order valence-corrected chi connectivity index (χ0v) is 12.8. The standard InChI is InChI=1S/C15H15N5OS/c1-2-4-10(5-3-1)14-19-20-15(21-14)22-12-7-6-11-13(18-12)17-9-8-16-11/h6-10H,1-5H2. The summed E-state index contributed by atoms with van der Waals surface area (Å²) in [7, 11) is 0. The summed E-state index contributed by atoms with van der Waals surface area (Å²) in [5.41, 5.74) is 1.40. The third kappa shape index (κ3) is 2.81. The van der Waals surface area contributed by atoms with Crippen LogP contribution in [0.25, 0.3) is 11.2 Å². The van der Waals surface area contributed by atoms with Crippen LogP contribution in [0.2, 0.25) is 0 Å². The third-order valence-electron chi connectivity index (χ3n) is 3.87. The molecule has 7 heteroatoms. The molecule has 0 unspecified atom stereocenters. The van der Waals surface area contributed by atoms with Gasteiger partial charge in [-0.3, -0.25) is 4.98 Å². The second-order valence-corrected chi connectivity index (χ2v) is 6.36. The van der Waals surface area contributed by atoms with E-state index in [0.717, 1.165) is 29.3 Å². The monoisotopic (exact) mass is 313 g/mol. The van der Waals surface area contributed by atoms with E-state index in [9.17, 15) is 0 Å². The van der Waals surface area contributed by atoms with E-state index in [2.05, 4.69) is 25.1 Å². The summed E-state index contributed by atoms with van der Waals surface area (Å²) in [5, 5.41) is 9.66. The van der Waals surface area contributed by atoms with Gasteiger partial charge in [0.1, 0.15) is 10.5 Å². The third-order valence-corrected chi connectivity index (χ3v) is 4.65. The fraction of sp³-hybridized carbons (Fsp3) is 0.400. The Balaban J connectivity index is 1.53. The van der Waals surface area contributed by atoms with Crippen LogP contribution in [-0.2, 0) is 0 Å². The molecule has 1 saturated carbocycles. The molecule has 1 fully saturated rings. The van der Waals surface area contributed by atoms with Crippen molar-refractivity contribution in [2.24, 2.45) is 0 Å². The number of fused-ring (bicyclic) bond motifs is 1. The van der Waals surface area contributed by atoms with E-state index in [1.165, 1.54) is 31.0 Å². The Kier molecular flexibility index (Phi) is 3.72. The molecular formula is C15H15N5OS. The molecule has 0 saturated heterocycles. The number of hydrogen-bond acceptors (Lipinski definition) is 7. The molecule has 0 spiro atoms. The molecule has 0 bridgehead atoms. The topological polar surface area (TPSA) is 77.6 Å². The minimum atomic E-state index is 0.422. The summed E-state index contributed by atoms with van der Waals surface area (Å²) in [6, 6.07) is 3.79. The molecule has 1 aliphatic rings. The highest BCUT2D eigenvalue weighted by atomic mass is 32.2. The van der Waals surface area contributed by atoms with Crippen LogP contribution in [0.4, 0.5) is 0 Å². The van der Waals surface area contributed by atoms with Crippen molar-refractivity contribution in [1.82, 2.24) is 25.1 Å². The first-order valence-corrected chi connectivity index (χ1v) is 8.29. The number of rotatable bonds is 3. The zero-order chi connectivity index (χ0) is 14.8. The van der Waals surface area contributed by atoms with Gasteiger partial charge in [0.05, 0.1) is 0 Å². The lowest BCUT2D eigenvalue weighted by molar-refractivity contribution is 0.334. The van der Waals surface area contributed by atoms with Crippen LogP contribution >= 0.6 is 11.8 Å². The Morgan fingerprint density at radius 2 is 1.86 bits per heavy atom. The van der Waals surface area contributed by atoms with Gasteiger partial charge in [-0.2, -0.15) is 0 Å². The fourth-order valence-corrected chi connectivity index (χ4v) is 3.42. The van der Waals surface area contributed by atoms with Crippen molar-refractivity contribution in [2.45, 2.75) is 48.3 Å². The summed E-state index contributed by atoms with van der Waals surface area (Å²) in [6.45, 7) is 0. The number of nitrogens with zero attached hydrogens (tertiary/aromatic N) is 5. The van der Waals surface area contributed by atoms with E-state index in [-0.39, 0.29) is 0 Å². The van der Waals surface area contributed by atoms with E-state index in [0.29, 0.717) is 16.8 Å². The highest BCUT2D eigenvalue weighted by Crippen LogP contribution is 2.34. The summed E-state index contributed by atoms with van der Waals surface area (Å²) in [6.07, 6.45) is 9.41. The zero-order valence-electron chi connectivity index (χ0n) is 12.0. The normalized spacial score (nSPS) is 16.2. The van der Waals surface area contributed by atoms with E-state index >= 15 is 0 Å². The maximum Gasteiger partial charge on any atom is 0.282 e. The van der Waals surface area contributed by atoms with Crippen molar-refractivity contribution in [3.63, 3.8) is 0 Å². The van der Waals surface area contributed by atoms with Crippen molar-refractivity contribution in [2.75, 3.05) is 0 Å². The Morgan fingerprint density at radius 3 is 2.77 bits per heavy atom. The molecule has 3 aromatic heterocycles. The lowest BCUT2D eigenvalue weighted by atomic mass is 9.89. The van der Waals surface area contributed by atoms with Crippen LogP contribution < -0.4 is 0 Å². The van der Waals surface area contributed by atoms with Crippen LogP contribution in [-0.4, -0.2) is 25.1 Å². The molecule has 4 rings (SSSR count). The largest absolute Gasteiger partial charge is 0.415 e. The van der Waals surface area contributed by atoms with Gasteiger partial charge in [-0.1, -0.05) is 19.3 Å². The van der Waals surface area contributed by atoms with E-state index < -0.39 is 0 Å². The Labute approximate surface area is 131 Å². The SMILES string of the molecule is c1cnc2nc(Sc3nnc(C4CCCCC4)o3)ccc2n1. The predicted octanol–water partition coefficient (Wildman–Crippen LogP) is 3.61. The molecule has 0 N–H and O–H groups in total. The molecule has 0 atom stereocenters. The van der Waals surface area contributed by atoms with Gasteiger partial charge in [0.15, 0.2) is 5.65 Å². The molecule has 0 aromatic carbocycles. The quantitative estimate of drug-likeness (QED) is 0.731.